The van der Waals surface area contributed by atoms with Crippen LogP contribution in [0.5, 0.6) is 5.88 Å². The molecule has 4 nitrogen and oxygen atoms in total. The summed E-state index contributed by atoms with van der Waals surface area (Å²) in [5.74, 6) is 0.850. The lowest BCUT2D eigenvalue weighted by atomic mass is 10.2. The normalized spacial score (nSPS) is 11.0. The highest BCUT2D eigenvalue weighted by Crippen LogP contribution is 2.15. The van der Waals surface area contributed by atoms with Crippen molar-refractivity contribution in [2.75, 3.05) is 26.2 Å². The molecular weight excluding hydrogens is 262 g/mol. The van der Waals surface area contributed by atoms with Crippen LogP contribution in [0.1, 0.15) is 25.1 Å². The van der Waals surface area contributed by atoms with E-state index in [4.69, 9.17) is 4.74 Å². The highest BCUT2D eigenvalue weighted by molar-refractivity contribution is 5.20. The molecule has 114 valence electrons. The Morgan fingerprint density at radius 3 is 2.52 bits per heavy atom. The van der Waals surface area contributed by atoms with Crippen LogP contribution in [-0.4, -0.2) is 40.9 Å². The number of hydrogen-bond acceptors (Lipinski definition) is 3. The lowest BCUT2D eigenvalue weighted by Gasteiger charge is -2.18. The minimum absolute atomic E-state index is 0.696. The Morgan fingerprint density at radius 2 is 1.86 bits per heavy atom. The van der Waals surface area contributed by atoms with Gasteiger partial charge in [-0.25, -0.2) is 4.68 Å². The molecule has 0 unspecified atom stereocenters. The Hall–Kier alpha value is -1.81. The highest BCUT2D eigenvalue weighted by Gasteiger charge is 2.08. The maximum Gasteiger partial charge on any atom is 0.212 e. The van der Waals surface area contributed by atoms with Crippen LogP contribution in [-0.2, 0) is 6.54 Å². The first-order valence-corrected chi connectivity index (χ1v) is 7.66. The highest BCUT2D eigenvalue weighted by atomic mass is 16.5. The van der Waals surface area contributed by atoms with Crippen LogP contribution in [0, 0.1) is 6.92 Å². The fraction of sp³-hybridized carbons (Fsp3) is 0.471. The SMILES string of the molecule is CCN(CC)CCOc1cc(C)nn1Cc1ccccc1. The van der Waals surface area contributed by atoms with Crippen molar-refractivity contribution >= 4 is 0 Å². The second-order valence-corrected chi connectivity index (χ2v) is 5.14. The number of likely N-dealkylation sites (N-methyl/N-ethyl adjacent to an activating group) is 1. The summed E-state index contributed by atoms with van der Waals surface area (Å²) in [7, 11) is 0. The summed E-state index contributed by atoms with van der Waals surface area (Å²) < 4.78 is 7.86. The van der Waals surface area contributed by atoms with Crippen molar-refractivity contribution in [1.29, 1.82) is 0 Å². The molecule has 0 spiro atoms. The van der Waals surface area contributed by atoms with Gasteiger partial charge in [-0.3, -0.25) is 0 Å². The van der Waals surface area contributed by atoms with Gasteiger partial charge >= 0.3 is 0 Å². The minimum atomic E-state index is 0.696. The maximum atomic E-state index is 5.92. The van der Waals surface area contributed by atoms with E-state index in [9.17, 15) is 0 Å². The zero-order valence-electron chi connectivity index (χ0n) is 13.2. The van der Waals surface area contributed by atoms with Crippen molar-refractivity contribution in [3.63, 3.8) is 0 Å². The van der Waals surface area contributed by atoms with Gasteiger partial charge in [0.15, 0.2) is 0 Å². The zero-order chi connectivity index (χ0) is 15.1. The third-order valence-electron chi connectivity index (χ3n) is 3.59. The van der Waals surface area contributed by atoms with Crippen LogP contribution in [0.25, 0.3) is 0 Å². The molecule has 0 fully saturated rings. The van der Waals surface area contributed by atoms with Crippen LogP contribution in [0.3, 0.4) is 0 Å². The van der Waals surface area contributed by atoms with E-state index in [1.54, 1.807) is 0 Å². The smallest absolute Gasteiger partial charge is 0.212 e. The van der Waals surface area contributed by atoms with Crippen LogP contribution in [0.4, 0.5) is 0 Å². The molecule has 0 aliphatic rings. The Morgan fingerprint density at radius 1 is 1.14 bits per heavy atom. The molecule has 1 aromatic heterocycles. The van der Waals surface area contributed by atoms with Crippen LogP contribution in [0.2, 0.25) is 0 Å². The third-order valence-corrected chi connectivity index (χ3v) is 3.59. The number of rotatable bonds is 8. The van der Waals surface area contributed by atoms with E-state index in [0.717, 1.165) is 37.8 Å². The van der Waals surface area contributed by atoms with Crippen molar-refractivity contribution in [2.45, 2.75) is 27.3 Å². The van der Waals surface area contributed by atoms with E-state index in [1.165, 1.54) is 5.56 Å². The van der Waals surface area contributed by atoms with Gasteiger partial charge in [0.2, 0.25) is 5.88 Å². The third kappa shape index (κ3) is 4.60. The molecule has 1 aromatic carbocycles. The summed E-state index contributed by atoms with van der Waals surface area (Å²) in [6.45, 7) is 10.9. The second kappa shape index (κ2) is 7.84. The summed E-state index contributed by atoms with van der Waals surface area (Å²) in [4.78, 5) is 2.35. The van der Waals surface area contributed by atoms with Gasteiger partial charge in [-0.15, -0.1) is 0 Å². The van der Waals surface area contributed by atoms with Gasteiger partial charge in [0.25, 0.3) is 0 Å². The molecule has 0 N–H and O–H groups in total. The van der Waals surface area contributed by atoms with Crippen LogP contribution < -0.4 is 4.74 Å². The van der Waals surface area contributed by atoms with Crippen molar-refractivity contribution in [1.82, 2.24) is 14.7 Å². The largest absolute Gasteiger partial charge is 0.476 e. The molecule has 0 amide bonds. The van der Waals surface area contributed by atoms with Gasteiger partial charge in [-0.2, -0.15) is 5.10 Å². The Bertz CT molecular complexity index is 532. The fourth-order valence-electron chi connectivity index (χ4n) is 2.33. The molecule has 0 saturated heterocycles. The number of aromatic nitrogens is 2. The predicted molar refractivity (Wildman–Crippen MR) is 85.8 cm³/mol. The Kier molecular flexibility index (Phi) is 5.81. The van der Waals surface area contributed by atoms with E-state index >= 15 is 0 Å². The molecule has 0 bridgehead atoms. The molecule has 21 heavy (non-hydrogen) atoms. The van der Waals surface area contributed by atoms with Crippen molar-refractivity contribution in [3.8, 4) is 5.88 Å². The molecule has 2 aromatic rings. The monoisotopic (exact) mass is 287 g/mol. The molecule has 0 radical (unpaired) electrons. The molecule has 2 rings (SSSR count). The van der Waals surface area contributed by atoms with Crippen LogP contribution in [0.15, 0.2) is 36.4 Å². The summed E-state index contributed by atoms with van der Waals surface area (Å²) in [6, 6.07) is 12.3. The van der Waals surface area contributed by atoms with Gasteiger partial charge in [0.05, 0.1) is 12.2 Å². The van der Waals surface area contributed by atoms with E-state index in [-0.39, 0.29) is 0 Å². The average Bonchev–Trinajstić information content (AvgIpc) is 2.84. The molecule has 0 aliphatic carbocycles. The zero-order valence-corrected chi connectivity index (χ0v) is 13.2. The van der Waals surface area contributed by atoms with Gasteiger partial charge in [0.1, 0.15) is 6.61 Å². The molecule has 4 heteroatoms. The maximum absolute atomic E-state index is 5.92. The number of nitrogens with zero attached hydrogens (tertiary/aromatic N) is 3. The molecule has 0 aliphatic heterocycles. The fourth-order valence-corrected chi connectivity index (χ4v) is 2.33. The Labute approximate surface area is 127 Å². The van der Waals surface area contributed by atoms with Gasteiger partial charge < -0.3 is 9.64 Å². The van der Waals surface area contributed by atoms with Crippen molar-refractivity contribution in [2.24, 2.45) is 0 Å². The minimum Gasteiger partial charge on any atom is -0.476 e. The van der Waals surface area contributed by atoms with Crippen molar-refractivity contribution in [3.05, 3.63) is 47.7 Å². The molecular formula is C17H25N3O. The average molecular weight is 287 g/mol. The predicted octanol–water partition coefficient (Wildman–Crippen LogP) is 2.96. The van der Waals surface area contributed by atoms with Crippen molar-refractivity contribution < 1.29 is 4.74 Å². The van der Waals surface area contributed by atoms with Gasteiger partial charge in [-0.1, -0.05) is 44.2 Å². The second-order valence-electron chi connectivity index (χ2n) is 5.14. The summed E-state index contributed by atoms with van der Waals surface area (Å²) >= 11 is 0. The lowest BCUT2D eigenvalue weighted by molar-refractivity contribution is 0.211. The topological polar surface area (TPSA) is 30.3 Å². The number of ether oxygens (including phenoxy) is 1. The first kappa shape index (κ1) is 15.6. The first-order valence-electron chi connectivity index (χ1n) is 7.66. The van der Waals surface area contributed by atoms with E-state index in [0.29, 0.717) is 6.61 Å². The summed E-state index contributed by atoms with van der Waals surface area (Å²) in [5, 5.41) is 4.52. The molecule has 0 atom stereocenters. The molecule has 0 saturated carbocycles. The summed E-state index contributed by atoms with van der Waals surface area (Å²) in [6.07, 6.45) is 0. The molecule has 1 heterocycles. The Balaban J connectivity index is 1.97. The number of hydrogen-bond donors (Lipinski definition) is 0. The standard InChI is InChI=1S/C17H25N3O/c1-4-19(5-2)11-12-21-17-13-15(3)18-20(17)14-16-9-7-6-8-10-16/h6-10,13H,4-5,11-12,14H2,1-3H3. The van der Waals surface area contributed by atoms with Gasteiger partial charge in [0, 0.05) is 12.6 Å². The number of benzene rings is 1. The quantitative estimate of drug-likeness (QED) is 0.748. The van der Waals surface area contributed by atoms with Gasteiger partial charge in [-0.05, 0) is 25.6 Å². The van der Waals surface area contributed by atoms with Crippen LogP contribution >= 0.6 is 0 Å². The number of aryl methyl sites for hydroxylation is 1. The van der Waals surface area contributed by atoms with E-state index in [2.05, 4.69) is 36.0 Å². The lowest BCUT2D eigenvalue weighted by Crippen LogP contribution is -2.28. The first-order chi connectivity index (χ1) is 10.2. The van der Waals surface area contributed by atoms with E-state index < -0.39 is 0 Å². The van der Waals surface area contributed by atoms with E-state index in [1.807, 2.05) is 35.9 Å². The summed E-state index contributed by atoms with van der Waals surface area (Å²) in [5.41, 5.74) is 2.22.